The summed E-state index contributed by atoms with van der Waals surface area (Å²) in [5.74, 6) is 1.69. The van der Waals surface area contributed by atoms with E-state index in [9.17, 15) is 0 Å². The molecule has 128 valence electrons. The van der Waals surface area contributed by atoms with Crippen LogP contribution in [0, 0.1) is 0 Å². The van der Waals surface area contributed by atoms with Gasteiger partial charge in [0, 0.05) is 18.7 Å². The van der Waals surface area contributed by atoms with Crippen molar-refractivity contribution in [3.63, 3.8) is 0 Å². The van der Waals surface area contributed by atoms with Gasteiger partial charge in [-0.2, -0.15) is 0 Å². The van der Waals surface area contributed by atoms with Crippen molar-refractivity contribution in [3.05, 3.63) is 58.1 Å². The zero-order valence-corrected chi connectivity index (χ0v) is 16.2. The molecule has 0 aliphatic rings. The van der Waals surface area contributed by atoms with Gasteiger partial charge in [0.15, 0.2) is 5.11 Å². The van der Waals surface area contributed by atoms with Crippen LogP contribution in [0.2, 0.25) is 0 Å². The third-order valence-corrected chi connectivity index (χ3v) is 4.46. The van der Waals surface area contributed by atoms with E-state index in [0.29, 0.717) is 11.7 Å². The van der Waals surface area contributed by atoms with E-state index in [1.54, 1.807) is 14.2 Å². The summed E-state index contributed by atoms with van der Waals surface area (Å²) in [4.78, 5) is 0. The Morgan fingerprint density at radius 3 is 2.50 bits per heavy atom. The predicted octanol–water partition coefficient (Wildman–Crippen LogP) is 3.67. The van der Waals surface area contributed by atoms with Gasteiger partial charge in [-0.3, -0.25) is 0 Å². The fraction of sp³-hybridized carbons (Fsp3) is 0.278. The summed E-state index contributed by atoms with van der Waals surface area (Å²) in [7, 11) is 3.33. The molecule has 2 aromatic rings. The minimum absolute atomic E-state index is 0.629. The molecule has 6 heteroatoms. The van der Waals surface area contributed by atoms with Crippen LogP contribution < -0.4 is 20.1 Å². The van der Waals surface area contributed by atoms with Crippen molar-refractivity contribution < 1.29 is 9.47 Å². The second kappa shape index (κ2) is 9.49. The highest BCUT2D eigenvalue weighted by atomic mass is 79.9. The largest absolute Gasteiger partial charge is 0.496 e. The average molecular weight is 409 g/mol. The summed E-state index contributed by atoms with van der Waals surface area (Å²) >= 11 is 8.82. The van der Waals surface area contributed by atoms with Gasteiger partial charge in [0.25, 0.3) is 0 Å². The molecule has 0 bridgehead atoms. The molecular weight excluding hydrogens is 388 g/mol. The van der Waals surface area contributed by atoms with E-state index in [1.807, 2.05) is 30.3 Å². The molecular formula is C18H21BrN2O2S. The molecule has 0 spiro atoms. The van der Waals surface area contributed by atoms with Crippen LogP contribution in [0.3, 0.4) is 0 Å². The molecule has 2 N–H and O–H groups in total. The van der Waals surface area contributed by atoms with Gasteiger partial charge >= 0.3 is 0 Å². The fourth-order valence-corrected chi connectivity index (χ4v) is 3.04. The molecule has 24 heavy (non-hydrogen) atoms. The van der Waals surface area contributed by atoms with Gasteiger partial charge < -0.3 is 20.1 Å². The summed E-state index contributed by atoms with van der Waals surface area (Å²) in [6.07, 6.45) is 0.874. The highest BCUT2D eigenvalue weighted by molar-refractivity contribution is 9.10. The molecule has 4 nitrogen and oxygen atoms in total. The lowest BCUT2D eigenvalue weighted by molar-refractivity contribution is 0.409. The van der Waals surface area contributed by atoms with E-state index in [4.69, 9.17) is 21.7 Å². The van der Waals surface area contributed by atoms with E-state index >= 15 is 0 Å². The van der Waals surface area contributed by atoms with Crippen LogP contribution in [0.4, 0.5) is 0 Å². The van der Waals surface area contributed by atoms with Gasteiger partial charge in [-0.15, -0.1) is 0 Å². The molecule has 0 unspecified atom stereocenters. The standard InChI is InChI=1S/C18H21BrN2O2S/c1-22-16-6-4-3-5-14(16)12-21-18(24)20-10-9-13-7-8-17(23-2)15(19)11-13/h3-8,11H,9-10,12H2,1-2H3,(H2,20,21,24). The van der Waals surface area contributed by atoms with Crippen molar-refractivity contribution in [1.29, 1.82) is 0 Å². The summed E-state index contributed by atoms with van der Waals surface area (Å²) in [6.45, 7) is 1.39. The first-order valence-electron chi connectivity index (χ1n) is 7.60. The van der Waals surface area contributed by atoms with Crippen LogP contribution >= 0.6 is 28.1 Å². The number of ether oxygens (including phenoxy) is 2. The summed E-state index contributed by atoms with van der Waals surface area (Å²) in [6, 6.07) is 14.0. The van der Waals surface area contributed by atoms with Gasteiger partial charge in [-0.25, -0.2) is 0 Å². The van der Waals surface area contributed by atoms with Gasteiger partial charge in [-0.05, 0) is 58.3 Å². The number of thiocarbonyl (C=S) groups is 1. The molecule has 2 aromatic carbocycles. The van der Waals surface area contributed by atoms with Crippen LogP contribution in [-0.2, 0) is 13.0 Å². The second-order valence-corrected chi connectivity index (χ2v) is 6.40. The molecule has 0 saturated heterocycles. The third kappa shape index (κ3) is 5.39. The summed E-state index contributed by atoms with van der Waals surface area (Å²) in [5, 5.41) is 7.05. The van der Waals surface area contributed by atoms with Crippen LogP contribution in [0.1, 0.15) is 11.1 Å². The lowest BCUT2D eigenvalue weighted by atomic mass is 10.1. The number of rotatable bonds is 7. The van der Waals surface area contributed by atoms with Gasteiger partial charge in [0.05, 0.1) is 18.7 Å². The Hall–Kier alpha value is -1.79. The van der Waals surface area contributed by atoms with Crippen molar-refractivity contribution in [2.24, 2.45) is 0 Å². The lowest BCUT2D eigenvalue weighted by Gasteiger charge is -2.13. The minimum atomic E-state index is 0.629. The molecule has 0 heterocycles. The number of methoxy groups -OCH3 is 2. The maximum Gasteiger partial charge on any atom is 0.166 e. The summed E-state index contributed by atoms with van der Waals surface area (Å²) < 4.78 is 11.5. The number of hydrogen-bond acceptors (Lipinski definition) is 3. The Kier molecular flexibility index (Phi) is 7.34. The van der Waals surface area contributed by atoms with Crippen LogP contribution in [-0.4, -0.2) is 25.9 Å². The Morgan fingerprint density at radius 2 is 1.79 bits per heavy atom. The number of para-hydroxylation sites is 1. The van der Waals surface area contributed by atoms with Crippen molar-refractivity contribution >= 4 is 33.3 Å². The van der Waals surface area contributed by atoms with E-state index in [-0.39, 0.29) is 0 Å². The van der Waals surface area contributed by atoms with E-state index in [1.165, 1.54) is 5.56 Å². The van der Waals surface area contributed by atoms with Crippen LogP contribution in [0.5, 0.6) is 11.5 Å². The fourth-order valence-electron chi connectivity index (χ4n) is 2.27. The normalized spacial score (nSPS) is 10.1. The SMILES string of the molecule is COc1ccc(CCNC(=S)NCc2ccccc2OC)cc1Br. The smallest absolute Gasteiger partial charge is 0.166 e. The highest BCUT2D eigenvalue weighted by Gasteiger charge is 2.04. The quantitative estimate of drug-likeness (QED) is 0.684. The monoisotopic (exact) mass is 408 g/mol. The molecule has 0 aliphatic carbocycles. The predicted molar refractivity (Wildman–Crippen MR) is 105 cm³/mol. The summed E-state index contributed by atoms with van der Waals surface area (Å²) in [5.41, 5.74) is 2.28. The molecule has 0 fully saturated rings. The number of halogens is 1. The maximum atomic E-state index is 5.33. The number of benzene rings is 2. The van der Waals surface area contributed by atoms with Crippen molar-refractivity contribution in [1.82, 2.24) is 10.6 Å². The first-order chi connectivity index (χ1) is 11.6. The maximum absolute atomic E-state index is 5.33. The lowest BCUT2D eigenvalue weighted by Crippen LogP contribution is -2.36. The van der Waals surface area contributed by atoms with Gasteiger partial charge in [0.1, 0.15) is 11.5 Å². The molecule has 0 aromatic heterocycles. The first-order valence-corrected chi connectivity index (χ1v) is 8.80. The molecule has 0 atom stereocenters. The molecule has 0 saturated carbocycles. The highest BCUT2D eigenvalue weighted by Crippen LogP contribution is 2.25. The Bertz CT molecular complexity index is 694. The Morgan fingerprint density at radius 1 is 1.04 bits per heavy atom. The molecule has 2 rings (SSSR count). The zero-order valence-electron chi connectivity index (χ0n) is 13.8. The topological polar surface area (TPSA) is 42.5 Å². The molecule has 0 amide bonds. The molecule has 0 radical (unpaired) electrons. The zero-order chi connectivity index (χ0) is 17.4. The van der Waals surface area contributed by atoms with Crippen LogP contribution in [0.15, 0.2) is 46.9 Å². The molecule has 0 aliphatic heterocycles. The second-order valence-electron chi connectivity index (χ2n) is 5.14. The Labute approximate surface area is 156 Å². The van der Waals surface area contributed by atoms with Gasteiger partial charge in [-0.1, -0.05) is 24.3 Å². The number of nitrogens with one attached hydrogen (secondary N) is 2. The van der Waals surface area contributed by atoms with E-state index in [2.05, 4.69) is 38.7 Å². The van der Waals surface area contributed by atoms with Gasteiger partial charge in [0.2, 0.25) is 0 Å². The third-order valence-electron chi connectivity index (χ3n) is 3.55. The van der Waals surface area contributed by atoms with E-state index < -0.39 is 0 Å². The van der Waals surface area contributed by atoms with Crippen molar-refractivity contribution in [3.8, 4) is 11.5 Å². The number of hydrogen-bond donors (Lipinski definition) is 2. The minimum Gasteiger partial charge on any atom is -0.496 e. The van der Waals surface area contributed by atoms with Crippen molar-refractivity contribution in [2.75, 3.05) is 20.8 Å². The first kappa shape index (κ1) is 18.5. The average Bonchev–Trinajstić information content (AvgIpc) is 2.60. The van der Waals surface area contributed by atoms with Crippen molar-refractivity contribution in [2.45, 2.75) is 13.0 Å². The van der Waals surface area contributed by atoms with Crippen LogP contribution in [0.25, 0.3) is 0 Å². The van der Waals surface area contributed by atoms with E-state index in [0.717, 1.165) is 34.5 Å². The Balaban J connectivity index is 1.76.